The topological polar surface area (TPSA) is 102 Å². The minimum Gasteiger partial charge on any atom is -0.462 e. The molecule has 0 N–H and O–H groups in total. The van der Waals surface area contributed by atoms with Gasteiger partial charge >= 0.3 is 5.97 Å². The molecule has 2 aromatic heterocycles. The fraction of sp³-hybridized carbons (Fsp3) is 0.718. The van der Waals surface area contributed by atoms with Crippen molar-refractivity contribution in [2.24, 2.45) is 23.7 Å². The molecule has 0 spiro atoms. The van der Waals surface area contributed by atoms with E-state index in [2.05, 4.69) is 37.4 Å². The molecule has 3 unspecified atom stereocenters. The fourth-order valence-electron chi connectivity index (χ4n) is 8.71. The van der Waals surface area contributed by atoms with Crippen molar-refractivity contribution in [2.45, 2.75) is 128 Å². The zero-order valence-electron chi connectivity index (χ0n) is 30.6. The molecule has 12 atom stereocenters. The Kier molecular flexibility index (Phi) is 12.7. The Morgan fingerprint density at radius 3 is 2.54 bits per heavy atom. The van der Waals surface area contributed by atoms with E-state index >= 15 is 0 Å². The summed E-state index contributed by atoms with van der Waals surface area (Å²) in [5.41, 5.74) is 1.86. The molecule has 3 heterocycles. The number of rotatable bonds is 12. The first-order valence-electron chi connectivity index (χ1n) is 18.5. The molecule has 50 heavy (non-hydrogen) atoms. The van der Waals surface area contributed by atoms with Gasteiger partial charge in [-0.25, -0.2) is 4.98 Å². The van der Waals surface area contributed by atoms with Crippen LogP contribution >= 0.6 is 22.7 Å². The lowest BCUT2D eigenvalue weighted by atomic mass is 9.67. The van der Waals surface area contributed by atoms with Gasteiger partial charge in [-0.2, -0.15) is 0 Å². The summed E-state index contributed by atoms with van der Waals surface area (Å²) in [6.07, 6.45) is 6.82. The smallest absolute Gasteiger partial charge is 0.306 e. The normalized spacial score (nSPS) is 32.3. The molecule has 1 aliphatic heterocycles. The standard InChI is InChI=1S/C39H55NO8S2/c1-8-24-13-10-9-12-21(2)36(42)29-18-27-26-16-25(48-39(31(45-7)20-43-5)46-23(4)22(3)44-6)17-30(26)37-35(34(27)28(29)19-33(41)47-24)40-38(50-37)32-14-11-15-49-32/h11,14-15,18,21-28,30-31,34,39H,8-10,12-13,16-17,19-20H2,1-7H3/t21-,22-,23?,24+,25+,26+,27+,28-,30?,31+,34-,39?/m1/s1. The Bertz CT molecular complexity index is 1470. The van der Waals surface area contributed by atoms with E-state index in [0.29, 0.717) is 6.61 Å². The zero-order chi connectivity index (χ0) is 35.5. The predicted octanol–water partition coefficient (Wildman–Crippen LogP) is 7.94. The number of fused-ring (bicyclic) bond motifs is 8. The highest BCUT2D eigenvalue weighted by Crippen LogP contribution is 2.63. The van der Waals surface area contributed by atoms with Crippen molar-refractivity contribution in [1.29, 1.82) is 0 Å². The SMILES string of the molecule is CC[C@H]1CCCC[C@@H](C)C(=O)C2=C[C@@H]3[C@@H](c4nc(-c5cccs5)sc4C4C[C@@H](OC(OC(C)[C@@H](C)OC)[C@H](COC)OC)C[C@H]43)[C@@H]2CC(=O)O1. The molecule has 0 aromatic carbocycles. The van der Waals surface area contributed by atoms with Gasteiger partial charge in [0.15, 0.2) is 12.1 Å². The number of ketones is 1. The summed E-state index contributed by atoms with van der Waals surface area (Å²) >= 11 is 3.46. The third kappa shape index (κ3) is 7.84. The summed E-state index contributed by atoms with van der Waals surface area (Å²) < 4.78 is 36.3. The van der Waals surface area contributed by atoms with Crippen molar-refractivity contribution < 1.29 is 38.0 Å². The minimum absolute atomic E-state index is 0.0634. The molecule has 1 saturated heterocycles. The zero-order valence-corrected chi connectivity index (χ0v) is 32.3. The third-order valence-electron chi connectivity index (χ3n) is 11.7. The van der Waals surface area contributed by atoms with Crippen LogP contribution < -0.4 is 0 Å². The summed E-state index contributed by atoms with van der Waals surface area (Å²) in [4.78, 5) is 35.7. The van der Waals surface area contributed by atoms with Gasteiger partial charge in [-0.3, -0.25) is 9.59 Å². The molecule has 1 saturated carbocycles. The summed E-state index contributed by atoms with van der Waals surface area (Å²) in [6, 6.07) is 4.18. The van der Waals surface area contributed by atoms with Crippen molar-refractivity contribution in [3.8, 4) is 9.88 Å². The van der Waals surface area contributed by atoms with Crippen LogP contribution in [0.1, 0.15) is 101 Å². The molecule has 6 rings (SSSR count). The van der Waals surface area contributed by atoms with Crippen molar-refractivity contribution in [3.63, 3.8) is 0 Å². The molecular formula is C39H55NO8S2. The number of methoxy groups -OCH3 is 3. The van der Waals surface area contributed by atoms with Gasteiger partial charge in [0.05, 0.1) is 41.9 Å². The van der Waals surface area contributed by atoms with Crippen molar-refractivity contribution in [1.82, 2.24) is 4.98 Å². The van der Waals surface area contributed by atoms with Crippen LogP contribution in [-0.4, -0.2) is 81.5 Å². The van der Waals surface area contributed by atoms with E-state index in [4.69, 9.17) is 33.4 Å². The van der Waals surface area contributed by atoms with E-state index in [0.717, 1.165) is 66.1 Å². The molecular weight excluding hydrogens is 675 g/mol. The van der Waals surface area contributed by atoms with E-state index in [-0.39, 0.29) is 78.1 Å². The predicted molar refractivity (Wildman–Crippen MR) is 194 cm³/mol. The number of nitrogens with zero attached hydrogens (tertiary/aromatic N) is 1. The average Bonchev–Trinajstić information content (AvgIpc) is 3.92. The minimum atomic E-state index is -0.656. The van der Waals surface area contributed by atoms with Gasteiger partial charge in [0, 0.05) is 49.9 Å². The second-order valence-electron chi connectivity index (χ2n) is 14.7. The third-order valence-corrected chi connectivity index (χ3v) is 13.9. The summed E-state index contributed by atoms with van der Waals surface area (Å²) in [7, 11) is 4.98. The number of hydrogen-bond acceptors (Lipinski definition) is 11. The number of esters is 1. The molecule has 0 radical (unpaired) electrons. The highest BCUT2D eigenvalue weighted by Gasteiger charge is 2.56. The van der Waals surface area contributed by atoms with E-state index in [1.807, 2.05) is 13.8 Å². The largest absolute Gasteiger partial charge is 0.462 e. The Labute approximate surface area is 305 Å². The first-order chi connectivity index (χ1) is 24.2. The Balaban J connectivity index is 1.36. The average molecular weight is 730 g/mol. The maximum atomic E-state index is 14.3. The van der Waals surface area contributed by atoms with Gasteiger partial charge in [0.2, 0.25) is 0 Å². The number of aromatic nitrogens is 1. The number of cyclic esters (lactones) is 1. The number of ether oxygens (including phenoxy) is 6. The number of Topliss-reactive ketones (excluding diaryl/α,β-unsaturated/α-hetero) is 1. The summed E-state index contributed by atoms with van der Waals surface area (Å²) in [6.45, 7) is 8.43. The molecule has 4 aliphatic rings. The Hall–Kier alpha value is -1.99. The second-order valence-corrected chi connectivity index (χ2v) is 16.7. The Morgan fingerprint density at radius 1 is 1.04 bits per heavy atom. The highest BCUT2D eigenvalue weighted by molar-refractivity contribution is 7.21. The van der Waals surface area contributed by atoms with Gasteiger partial charge < -0.3 is 28.4 Å². The molecule has 9 nitrogen and oxygen atoms in total. The number of thiophene rings is 1. The molecule has 2 fully saturated rings. The number of hydrogen-bond donors (Lipinski definition) is 0. The number of allylic oxidation sites excluding steroid dienone is 2. The van der Waals surface area contributed by atoms with Crippen molar-refractivity contribution in [2.75, 3.05) is 27.9 Å². The van der Waals surface area contributed by atoms with Crippen LogP contribution in [0.5, 0.6) is 0 Å². The second kappa shape index (κ2) is 16.8. The van der Waals surface area contributed by atoms with Crippen LogP contribution in [0.3, 0.4) is 0 Å². The molecule has 0 amide bonds. The van der Waals surface area contributed by atoms with Crippen LogP contribution in [0.25, 0.3) is 9.88 Å². The molecule has 3 aliphatic carbocycles. The lowest BCUT2D eigenvalue weighted by Crippen LogP contribution is -2.43. The van der Waals surface area contributed by atoms with Crippen molar-refractivity contribution in [3.05, 3.63) is 39.7 Å². The molecule has 0 bridgehead atoms. The molecule has 276 valence electrons. The first kappa shape index (κ1) is 37.8. The molecule has 11 heteroatoms. The van der Waals surface area contributed by atoms with E-state index in [1.165, 1.54) is 4.88 Å². The lowest BCUT2D eigenvalue weighted by molar-refractivity contribution is -0.255. The van der Waals surface area contributed by atoms with E-state index in [9.17, 15) is 9.59 Å². The maximum Gasteiger partial charge on any atom is 0.306 e. The Morgan fingerprint density at radius 2 is 1.84 bits per heavy atom. The maximum absolute atomic E-state index is 14.3. The summed E-state index contributed by atoms with van der Waals surface area (Å²) in [5.74, 6) is 0.0704. The van der Waals surface area contributed by atoms with Crippen LogP contribution in [0.2, 0.25) is 0 Å². The van der Waals surface area contributed by atoms with Crippen LogP contribution in [0, 0.1) is 23.7 Å². The quantitative estimate of drug-likeness (QED) is 0.159. The van der Waals surface area contributed by atoms with Crippen molar-refractivity contribution >= 4 is 34.4 Å². The van der Waals surface area contributed by atoms with Crippen LogP contribution in [0.4, 0.5) is 0 Å². The number of thiazole rings is 1. The lowest BCUT2D eigenvalue weighted by Gasteiger charge is -2.37. The number of carbonyl (C=O) groups is 2. The van der Waals surface area contributed by atoms with Gasteiger partial charge in [-0.15, -0.1) is 22.7 Å². The van der Waals surface area contributed by atoms with Gasteiger partial charge in [0.1, 0.15) is 17.2 Å². The van der Waals surface area contributed by atoms with Gasteiger partial charge in [-0.1, -0.05) is 32.4 Å². The highest BCUT2D eigenvalue weighted by atomic mass is 32.1. The summed E-state index contributed by atoms with van der Waals surface area (Å²) in [5, 5.41) is 3.09. The molecule has 2 aromatic rings. The first-order valence-corrected chi connectivity index (χ1v) is 20.2. The van der Waals surface area contributed by atoms with Crippen LogP contribution in [0.15, 0.2) is 29.2 Å². The van der Waals surface area contributed by atoms with Gasteiger partial charge in [-0.05, 0) is 81.2 Å². The van der Waals surface area contributed by atoms with E-state index in [1.54, 1.807) is 44.0 Å². The van der Waals surface area contributed by atoms with E-state index < -0.39 is 12.4 Å². The fourth-order valence-corrected chi connectivity index (χ4v) is 10.8. The van der Waals surface area contributed by atoms with Gasteiger partial charge in [0.25, 0.3) is 0 Å². The van der Waals surface area contributed by atoms with Crippen LogP contribution in [-0.2, 0) is 38.0 Å². The number of carbonyl (C=O) groups excluding carboxylic acids is 2. The monoisotopic (exact) mass is 729 g/mol.